The zero-order valence-electron chi connectivity index (χ0n) is 12.6. The van der Waals surface area contributed by atoms with Crippen LogP contribution in [-0.2, 0) is 5.11 Å². The van der Waals surface area contributed by atoms with Crippen molar-refractivity contribution in [2.75, 3.05) is 6.61 Å². The zero-order chi connectivity index (χ0) is 14.2. The van der Waals surface area contributed by atoms with E-state index >= 15 is 0 Å². The van der Waals surface area contributed by atoms with Crippen molar-refractivity contribution < 1.29 is 9.84 Å². The van der Waals surface area contributed by atoms with Gasteiger partial charge in [0, 0.05) is 0 Å². The van der Waals surface area contributed by atoms with E-state index in [1.807, 2.05) is 0 Å². The summed E-state index contributed by atoms with van der Waals surface area (Å²) >= 11 is 0. The lowest BCUT2D eigenvalue weighted by Gasteiger charge is -2.28. The molecule has 0 saturated heterocycles. The third-order valence-electron chi connectivity index (χ3n) is 4.49. The molecule has 1 saturated carbocycles. The minimum Gasteiger partial charge on any atom is -0.493 e. The van der Waals surface area contributed by atoms with Crippen LogP contribution in [0.25, 0.3) is 0 Å². The highest BCUT2D eigenvalue weighted by Crippen LogP contribution is 2.32. The van der Waals surface area contributed by atoms with Gasteiger partial charge in [-0.3, -0.25) is 5.11 Å². The van der Waals surface area contributed by atoms with Crippen LogP contribution in [-0.4, -0.2) is 6.61 Å². The first-order valence-corrected chi connectivity index (χ1v) is 8.17. The Morgan fingerprint density at radius 2 is 1.65 bits per heavy atom. The summed E-state index contributed by atoms with van der Waals surface area (Å²) in [5, 5.41) is 11.0. The van der Waals surface area contributed by atoms with Crippen molar-refractivity contribution in [2.45, 2.75) is 58.3 Å². The van der Waals surface area contributed by atoms with Crippen LogP contribution in [0.2, 0.25) is 0 Å². The van der Waals surface area contributed by atoms with Crippen molar-refractivity contribution in [3.05, 3.63) is 24.3 Å². The maximum atomic E-state index is 11.0. The van der Waals surface area contributed by atoms with Gasteiger partial charge in [0.2, 0.25) is 0 Å². The Labute approximate surface area is 123 Å². The van der Waals surface area contributed by atoms with Crippen LogP contribution in [0.15, 0.2) is 24.3 Å². The molecule has 0 unspecified atom stereocenters. The summed E-state index contributed by atoms with van der Waals surface area (Å²) in [5.74, 6) is 2.53. The van der Waals surface area contributed by atoms with Gasteiger partial charge in [0.25, 0.3) is 0 Å². The molecule has 1 aliphatic carbocycles. The smallest absolute Gasteiger partial charge is 0.178 e. The van der Waals surface area contributed by atoms with Crippen LogP contribution in [0, 0.1) is 11.8 Å². The molecule has 1 aromatic carbocycles. The van der Waals surface area contributed by atoms with E-state index in [9.17, 15) is 5.11 Å². The van der Waals surface area contributed by atoms with Crippen molar-refractivity contribution in [1.29, 1.82) is 0 Å². The van der Waals surface area contributed by atoms with E-state index in [2.05, 4.69) is 6.92 Å². The molecule has 0 N–H and O–H groups in total. The average molecular weight is 275 g/mol. The molecule has 111 valence electrons. The average Bonchev–Trinajstić information content (AvgIpc) is 2.48. The molecule has 0 spiro atoms. The molecule has 2 nitrogen and oxygen atoms in total. The lowest BCUT2D eigenvalue weighted by atomic mass is 9.80. The SMILES string of the molecule is CCCCC[C@H]1CC[C@H](COc2ccc([O])cc2)CC1. The van der Waals surface area contributed by atoms with Gasteiger partial charge in [0.05, 0.1) is 6.61 Å². The fraction of sp³-hybridized carbons (Fsp3) is 0.667. The maximum Gasteiger partial charge on any atom is 0.178 e. The maximum absolute atomic E-state index is 11.0. The molecule has 1 aromatic rings. The molecule has 0 aliphatic heterocycles. The fourth-order valence-corrected chi connectivity index (χ4v) is 3.12. The standard InChI is InChI=1S/C18H27O2/c1-2-3-4-5-15-6-8-16(9-7-15)14-20-18-12-10-17(19)11-13-18/h10-13,15-16H,2-9,14H2,1H3/t15-,16-. The minimum atomic E-state index is 0.0462. The van der Waals surface area contributed by atoms with Gasteiger partial charge < -0.3 is 4.74 Å². The largest absolute Gasteiger partial charge is 0.493 e. The molecule has 0 aromatic heterocycles. The molecule has 0 bridgehead atoms. The van der Waals surface area contributed by atoms with E-state index in [1.165, 1.54) is 51.4 Å². The molecule has 1 aliphatic rings. The van der Waals surface area contributed by atoms with E-state index in [4.69, 9.17) is 4.74 Å². The van der Waals surface area contributed by atoms with Crippen molar-refractivity contribution in [1.82, 2.24) is 0 Å². The lowest BCUT2D eigenvalue weighted by Crippen LogP contribution is -2.20. The van der Waals surface area contributed by atoms with Crippen molar-refractivity contribution in [3.63, 3.8) is 0 Å². The fourth-order valence-electron chi connectivity index (χ4n) is 3.12. The van der Waals surface area contributed by atoms with E-state index in [0.29, 0.717) is 5.92 Å². The van der Waals surface area contributed by atoms with Crippen molar-refractivity contribution >= 4 is 0 Å². The Kier molecular flexibility index (Phi) is 6.23. The number of hydrogen-bond donors (Lipinski definition) is 0. The Morgan fingerprint density at radius 1 is 1.00 bits per heavy atom. The van der Waals surface area contributed by atoms with Crippen LogP contribution in [0.1, 0.15) is 58.3 Å². The molecule has 0 amide bonds. The van der Waals surface area contributed by atoms with Gasteiger partial charge in [-0.25, -0.2) is 0 Å². The Morgan fingerprint density at radius 3 is 2.30 bits per heavy atom. The summed E-state index contributed by atoms with van der Waals surface area (Å²) in [6, 6.07) is 6.69. The van der Waals surface area contributed by atoms with Crippen LogP contribution < -0.4 is 4.74 Å². The number of ether oxygens (including phenoxy) is 1. The second-order valence-corrected chi connectivity index (χ2v) is 6.16. The highest BCUT2D eigenvalue weighted by Gasteiger charge is 2.21. The molecule has 1 fully saturated rings. The number of unbranched alkanes of at least 4 members (excludes halogenated alkanes) is 2. The molecule has 0 atom stereocenters. The van der Waals surface area contributed by atoms with E-state index in [1.54, 1.807) is 24.3 Å². The molecular weight excluding hydrogens is 248 g/mol. The van der Waals surface area contributed by atoms with Gasteiger partial charge in [-0.2, -0.15) is 0 Å². The summed E-state index contributed by atoms with van der Waals surface area (Å²) in [7, 11) is 0. The third-order valence-corrected chi connectivity index (χ3v) is 4.49. The summed E-state index contributed by atoms with van der Waals surface area (Å²) in [4.78, 5) is 0. The van der Waals surface area contributed by atoms with Crippen LogP contribution in [0.5, 0.6) is 11.5 Å². The van der Waals surface area contributed by atoms with E-state index < -0.39 is 0 Å². The summed E-state index contributed by atoms with van der Waals surface area (Å²) in [6.45, 7) is 3.08. The first-order chi connectivity index (χ1) is 9.78. The Bertz CT molecular complexity index is 364. The van der Waals surface area contributed by atoms with Crippen LogP contribution >= 0.6 is 0 Å². The summed E-state index contributed by atoms with van der Waals surface area (Å²) in [6.07, 6.45) is 10.9. The molecule has 20 heavy (non-hydrogen) atoms. The highest BCUT2D eigenvalue weighted by atomic mass is 16.5. The minimum absolute atomic E-state index is 0.0462. The predicted molar refractivity (Wildman–Crippen MR) is 81.7 cm³/mol. The van der Waals surface area contributed by atoms with Crippen molar-refractivity contribution in [3.8, 4) is 11.5 Å². The van der Waals surface area contributed by atoms with Gasteiger partial charge in [0.1, 0.15) is 5.75 Å². The van der Waals surface area contributed by atoms with Crippen LogP contribution in [0.3, 0.4) is 0 Å². The van der Waals surface area contributed by atoms with Gasteiger partial charge in [-0.1, -0.05) is 45.4 Å². The van der Waals surface area contributed by atoms with Crippen molar-refractivity contribution in [2.24, 2.45) is 11.8 Å². The van der Waals surface area contributed by atoms with Gasteiger partial charge in [0.15, 0.2) is 5.75 Å². The monoisotopic (exact) mass is 275 g/mol. The molecule has 2 rings (SSSR count). The summed E-state index contributed by atoms with van der Waals surface area (Å²) < 4.78 is 5.80. The molecular formula is C18H27O2. The predicted octanol–water partition coefficient (Wildman–Crippen LogP) is 5.60. The Hall–Kier alpha value is -1.18. The van der Waals surface area contributed by atoms with E-state index in [-0.39, 0.29) is 5.75 Å². The highest BCUT2D eigenvalue weighted by molar-refractivity contribution is 5.29. The second kappa shape index (κ2) is 8.18. The van der Waals surface area contributed by atoms with Gasteiger partial charge >= 0.3 is 0 Å². The van der Waals surface area contributed by atoms with Crippen LogP contribution in [0.4, 0.5) is 0 Å². The topological polar surface area (TPSA) is 29.1 Å². The van der Waals surface area contributed by atoms with Gasteiger partial charge in [-0.15, -0.1) is 0 Å². The Balaban J connectivity index is 1.63. The summed E-state index contributed by atoms with van der Waals surface area (Å²) in [5.41, 5.74) is 0. The zero-order valence-corrected chi connectivity index (χ0v) is 12.6. The normalized spacial score (nSPS) is 22.6. The third kappa shape index (κ3) is 5.07. The molecule has 0 heterocycles. The van der Waals surface area contributed by atoms with E-state index in [0.717, 1.165) is 18.3 Å². The first kappa shape index (κ1) is 15.2. The number of benzene rings is 1. The van der Waals surface area contributed by atoms with Gasteiger partial charge in [-0.05, 0) is 48.9 Å². The first-order valence-electron chi connectivity index (χ1n) is 8.17. The number of hydrogen-bond acceptors (Lipinski definition) is 1. The quantitative estimate of drug-likeness (QED) is 0.596. The lowest BCUT2D eigenvalue weighted by molar-refractivity contribution is 0.177. The second-order valence-electron chi connectivity index (χ2n) is 6.16. The molecule has 2 heteroatoms. The molecule has 1 radical (unpaired) electrons. The number of rotatable bonds is 7.